The number of hydrogen-bond donors (Lipinski definition) is 1. The van der Waals surface area contributed by atoms with E-state index >= 15 is 0 Å². The molecule has 1 heterocycles. The Bertz CT molecular complexity index is 552. The molecule has 2 aromatic rings. The van der Waals surface area contributed by atoms with Crippen molar-refractivity contribution < 1.29 is 13.5 Å². The van der Waals surface area contributed by atoms with Gasteiger partial charge in [-0.1, -0.05) is 6.92 Å². The molecule has 1 atom stereocenters. The summed E-state index contributed by atoms with van der Waals surface area (Å²) in [7, 11) is 0. The van der Waals surface area contributed by atoms with Gasteiger partial charge in [-0.05, 0) is 50.2 Å². The maximum Gasteiger partial charge on any atom is 0.146 e. The Kier molecular flexibility index (Phi) is 4.79. The second kappa shape index (κ2) is 6.57. The van der Waals surface area contributed by atoms with E-state index in [1.165, 1.54) is 0 Å². The first-order valence-electron chi connectivity index (χ1n) is 6.80. The van der Waals surface area contributed by atoms with Crippen molar-refractivity contribution in [2.24, 2.45) is 0 Å². The molecule has 3 nitrogen and oxygen atoms in total. The van der Waals surface area contributed by atoms with Gasteiger partial charge in [0.15, 0.2) is 0 Å². The average Bonchev–Trinajstić information content (AvgIpc) is 2.93. The molecule has 1 aromatic heterocycles. The third-order valence-electron chi connectivity index (χ3n) is 3.22. The highest BCUT2D eigenvalue weighted by molar-refractivity contribution is 5.40. The molecule has 1 N–H and O–H groups in total. The van der Waals surface area contributed by atoms with E-state index in [1.807, 2.05) is 26.0 Å². The van der Waals surface area contributed by atoms with Gasteiger partial charge in [0.1, 0.15) is 23.9 Å². The van der Waals surface area contributed by atoms with Crippen LogP contribution in [0.1, 0.15) is 36.8 Å². The van der Waals surface area contributed by atoms with Gasteiger partial charge in [0, 0.05) is 11.6 Å². The van der Waals surface area contributed by atoms with E-state index in [1.54, 1.807) is 25.3 Å². The molecule has 1 aromatic carbocycles. The molecule has 108 valence electrons. The van der Waals surface area contributed by atoms with E-state index in [-0.39, 0.29) is 11.9 Å². The number of aryl methyl sites for hydroxylation is 1. The molecule has 0 aliphatic rings. The van der Waals surface area contributed by atoms with Crippen LogP contribution in [-0.2, 0) is 6.61 Å². The van der Waals surface area contributed by atoms with E-state index < -0.39 is 0 Å². The third-order valence-corrected chi connectivity index (χ3v) is 3.22. The lowest BCUT2D eigenvalue weighted by molar-refractivity contribution is 0.265. The zero-order chi connectivity index (χ0) is 14.5. The minimum Gasteiger partial charge on any atom is -0.485 e. The van der Waals surface area contributed by atoms with Gasteiger partial charge < -0.3 is 14.5 Å². The smallest absolute Gasteiger partial charge is 0.146 e. The summed E-state index contributed by atoms with van der Waals surface area (Å²) in [5.41, 5.74) is 1.40. The molecule has 1 unspecified atom stereocenters. The van der Waals surface area contributed by atoms with E-state index in [4.69, 9.17) is 9.15 Å². The summed E-state index contributed by atoms with van der Waals surface area (Å²) in [6.07, 6.45) is 1.61. The van der Waals surface area contributed by atoms with Crippen molar-refractivity contribution in [2.75, 3.05) is 6.54 Å². The van der Waals surface area contributed by atoms with Crippen LogP contribution in [0.5, 0.6) is 5.75 Å². The van der Waals surface area contributed by atoms with Crippen LogP contribution >= 0.6 is 0 Å². The van der Waals surface area contributed by atoms with Gasteiger partial charge in [-0.15, -0.1) is 0 Å². The van der Waals surface area contributed by atoms with Crippen LogP contribution < -0.4 is 10.1 Å². The zero-order valence-corrected chi connectivity index (χ0v) is 12.1. The van der Waals surface area contributed by atoms with Crippen LogP contribution in [0.4, 0.5) is 4.39 Å². The monoisotopic (exact) mass is 277 g/mol. The summed E-state index contributed by atoms with van der Waals surface area (Å²) in [5.74, 6) is 1.22. The summed E-state index contributed by atoms with van der Waals surface area (Å²) in [6, 6.07) is 6.98. The minimum atomic E-state index is -0.213. The van der Waals surface area contributed by atoms with E-state index in [0.29, 0.717) is 17.9 Å². The average molecular weight is 277 g/mol. The second-order valence-electron chi connectivity index (χ2n) is 4.79. The Morgan fingerprint density at radius 2 is 2.20 bits per heavy atom. The SMILES string of the molecule is CCNC(C)c1cc(F)c(C)cc1OCc1ccco1. The number of rotatable bonds is 6. The Hall–Kier alpha value is -1.81. The van der Waals surface area contributed by atoms with E-state index in [2.05, 4.69) is 5.32 Å². The van der Waals surface area contributed by atoms with Crippen LogP contribution in [0.3, 0.4) is 0 Å². The molecule has 20 heavy (non-hydrogen) atoms. The van der Waals surface area contributed by atoms with Gasteiger partial charge in [-0.3, -0.25) is 0 Å². The summed E-state index contributed by atoms with van der Waals surface area (Å²) >= 11 is 0. The first-order valence-corrected chi connectivity index (χ1v) is 6.80. The number of nitrogens with one attached hydrogen (secondary N) is 1. The van der Waals surface area contributed by atoms with Crippen molar-refractivity contribution in [1.29, 1.82) is 0 Å². The van der Waals surface area contributed by atoms with Crippen LogP contribution in [-0.4, -0.2) is 6.54 Å². The third kappa shape index (κ3) is 3.39. The van der Waals surface area contributed by atoms with Crippen molar-refractivity contribution in [2.45, 2.75) is 33.4 Å². The normalized spacial score (nSPS) is 12.4. The fourth-order valence-electron chi connectivity index (χ4n) is 2.09. The molecule has 0 saturated carbocycles. The highest BCUT2D eigenvalue weighted by atomic mass is 19.1. The Balaban J connectivity index is 2.22. The fourth-order valence-corrected chi connectivity index (χ4v) is 2.09. The summed E-state index contributed by atoms with van der Waals surface area (Å²) < 4.78 is 24.8. The highest BCUT2D eigenvalue weighted by Crippen LogP contribution is 2.29. The minimum absolute atomic E-state index is 0.0294. The molecule has 0 spiro atoms. The lowest BCUT2D eigenvalue weighted by Gasteiger charge is -2.18. The van der Waals surface area contributed by atoms with Gasteiger partial charge in [0.25, 0.3) is 0 Å². The Morgan fingerprint density at radius 3 is 2.85 bits per heavy atom. The van der Waals surface area contributed by atoms with Gasteiger partial charge in [0.05, 0.1) is 6.26 Å². The molecular weight excluding hydrogens is 257 g/mol. The second-order valence-corrected chi connectivity index (χ2v) is 4.79. The summed E-state index contributed by atoms with van der Waals surface area (Å²) in [4.78, 5) is 0. The fraction of sp³-hybridized carbons (Fsp3) is 0.375. The Morgan fingerprint density at radius 1 is 1.40 bits per heavy atom. The van der Waals surface area contributed by atoms with Crippen molar-refractivity contribution in [3.05, 3.63) is 53.2 Å². The summed E-state index contributed by atoms with van der Waals surface area (Å²) in [6.45, 7) is 6.90. The maximum absolute atomic E-state index is 13.8. The number of hydrogen-bond acceptors (Lipinski definition) is 3. The van der Waals surface area contributed by atoms with E-state index in [9.17, 15) is 4.39 Å². The maximum atomic E-state index is 13.8. The molecule has 2 rings (SSSR count). The lowest BCUT2D eigenvalue weighted by Crippen LogP contribution is -2.19. The molecule has 0 aliphatic heterocycles. The van der Waals surface area contributed by atoms with Crippen LogP contribution in [0.15, 0.2) is 34.9 Å². The first-order chi connectivity index (χ1) is 9.61. The van der Waals surface area contributed by atoms with E-state index in [0.717, 1.165) is 17.9 Å². The van der Waals surface area contributed by atoms with Crippen molar-refractivity contribution in [3.63, 3.8) is 0 Å². The standard InChI is InChI=1S/C16H20FNO2/c1-4-18-12(3)14-9-15(17)11(2)8-16(14)20-10-13-6-5-7-19-13/h5-9,12,18H,4,10H2,1-3H3. The van der Waals surface area contributed by atoms with Gasteiger partial charge in [-0.2, -0.15) is 0 Å². The number of benzene rings is 1. The number of ether oxygens (including phenoxy) is 1. The first kappa shape index (κ1) is 14.6. The van der Waals surface area contributed by atoms with Crippen molar-refractivity contribution >= 4 is 0 Å². The summed E-state index contributed by atoms with van der Waals surface area (Å²) in [5, 5.41) is 3.27. The topological polar surface area (TPSA) is 34.4 Å². The number of furan rings is 1. The van der Waals surface area contributed by atoms with Crippen LogP contribution in [0.25, 0.3) is 0 Å². The van der Waals surface area contributed by atoms with Crippen molar-refractivity contribution in [1.82, 2.24) is 5.32 Å². The lowest BCUT2D eigenvalue weighted by atomic mass is 10.0. The molecule has 0 bridgehead atoms. The predicted molar refractivity (Wildman–Crippen MR) is 76.3 cm³/mol. The van der Waals surface area contributed by atoms with Crippen molar-refractivity contribution in [3.8, 4) is 5.75 Å². The molecule has 0 fully saturated rings. The van der Waals surface area contributed by atoms with Gasteiger partial charge in [-0.25, -0.2) is 4.39 Å². The zero-order valence-electron chi connectivity index (χ0n) is 12.1. The van der Waals surface area contributed by atoms with Crippen LogP contribution in [0, 0.1) is 12.7 Å². The Labute approximate surface area is 118 Å². The van der Waals surface area contributed by atoms with Gasteiger partial charge >= 0.3 is 0 Å². The largest absolute Gasteiger partial charge is 0.485 e. The highest BCUT2D eigenvalue weighted by Gasteiger charge is 2.14. The molecule has 4 heteroatoms. The molecule has 0 radical (unpaired) electrons. The predicted octanol–water partition coefficient (Wildman–Crippen LogP) is 3.98. The molecule has 0 amide bonds. The number of halogens is 1. The van der Waals surface area contributed by atoms with Gasteiger partial charge in [0.2, 0.25) is 0 Å². The molecule has 0 saturated heterocycles. The quantitative estimate of drug-likeness (QED) is 0.867. The molecule has 0 aliphatic carbocycles. The van der Waals surface area contributed by atoms with Crippen LogP contribution in [0.2, 0.25) is 0 Å². The molecular formula is C16H20FNO2.